The van der Waals surface area contributed by atoms with E-state index in [1.807, 2.05) is 12.2 Å². The molecule has 2 nitrogen and oxygen atoms in total. The molecule has 0 spiro atoms. The Kier molecular flexibility index (Phi) is 2.45. The van der Waals surface area contributed by atoms with Crippen LogP contribution in [0, 0.1) is 18.3 Å². The number of hydrogen-bond donors (Lipinski definition) is 1. The summed E-state index contributed by atoms with van der Waals surface area (Å²) in [6.07, 6.45) is 9.66. The van der Waals surface area contributed by atoms with Crippen molar-refractivity contribution < 1.29 is 4.79 Å². The van der Waals surface area contributed by atoms with E-state index in [0.29, 0.717) is 0 Å². The van der Waals surface area contributed by atoms with E-state index in [1.54, 1.807) is 0 Å². The topological polar surface area (TPSA) is 43.1 Å². The maximum Gasteiger partial charge on any atom is 0.151 e. The van der Waals surface area contributed by atoms with E-state index in [-0.39, 0.29) is 24.2 Å². The van der Waals surface area contributed by atoms with Gasteiger partial charge in [0.15, 0.2) is 5.78 Å². The minimum atomic E-state index is -0.0268. The van der Waals surface area contributed by atoms with Crippen LogP contribution in [-0.4, -0.2) is 11.8 Å². The highest BCUT2D eigenvalue weighted by Crippen LogP contribution is 2.18. The first-order chi connectivity index (χ1) is 5.24. The molecule has 11 heavy (non-hydrogen) atoms. The molecule has 0 fully saturated rings. The number of allylic oxidation sites excluding steroid dienone is 1. The van der Waals surface area contributed by atoms with Gasteiger partial charge in [0.05, 0.1) is 6.42 Å². The summed E-state index contributed by atoms with van der Waals surface area (Å²) in [6, 6.07) is 0.0433. The third-order valence-electron chi connectivity index (χ3n) is 1.81. The van der Waals surface area contributed by atoms with Crippen molar-refractivity contribution in [1.29, 1.82) is 0 Å². The summed E-state index contributed by atoms with van der Waals surface area (Å²) in [6.45, 7) is 0. The second-order valence-electron chi connectivity index (χ2n) is 2.74. The summed E-state index contributed by atoms with van der Waals surface area (Å²) in [5.74, 6) is 2.42. The van der Waals surface area contributed by atoms with E-state index >= 15 is 0 Å². The summed E-state index contributed by atoms with van der Waals surface area (Å²) >= 11 is 0. The number of carbonyl (C=O) groups is 1. The molecule has 0 heterocycles. The lowest BCUT2D eigenvalue weighted by atomic mass is 10.0. The van der Waals surface area contributed by atoms with Crippen molar-refractivity contribution in [2.75, 3.05) is 0 Å². The Bertz CT molecular complexity index is 224. The number of carbonyl (C=O) groups excluding carboxylic acids is 1. The largest absolute Gasteiger partial charge is 0.324 e. The van der Waals surface area contributed by atoms with Gasteiger partial charge in [-0.25, -0.2) is 0 Å². The van der Waals surface area contributed by atoms with Gasteiger partial charge in [-0.1, -0.05) is 18.1 Å². The highest BCUT2D eigenvalue weighted by atomic mass is 16.1. The molecule has 1 aliphatic rings. The van der Waals surface area contributed by atoms with Gasteiger partial charge in [-0.15, -0.1) is 6.42 Å². The summed E-state index contributed by atoms with van der Waals surface area (Å²) in [7, 11) is 0. The van der Waals surface area contributed by atoms with Crippen LogP contribution in [0.1, 0.15) is 12.8 Å². The molecule has 1 aliphatic carbocycles. The maximum absolute atomic E-state index is 11.1. The number of hydrogen-bond acceptors (Lipinski definition) is 2. The lowest BCUT2D eigenvalue weighted by Gasteiger charge is -2.04. The van der Waals surface area contributed by atoms with Gasteiger partial charge in [0.1, 0.15) is 0 Å². The molecule has 0 amide bonds. The average molecular weight is 149 g/mol. The molecule has 0 radical (unpaired) electrons. The van der Waals surface area contributed by atoms with Crippen LogP contribution in [0.4, 0.5) is 0 Å². The Morgan fingerprint density at radius 3 is 2.91 bits per heavy atom. The standard InChI is InChI=1S/C9H11NO/c1-2-3-9(11)7-4-5-8(10)6-7/h1,4-5,7-8H,3,6,10H2. The monoisotopic (exact) mass is 149 g/mol. The fourth-order valence-corrected chi connectivity index (χ4v) is 1.20. The molecule has 2 heteroatoms. The van der Waals surface area contributed by atoms with Crippen LogP contribution in [0.3, 0.4) is 0 Å². The van der Waals surface area contributed by atoms with Crippen LogP contribution >= 0.6 is 0 Å². The Morgan fingerprint density at radius 1 is 1.73 bits per heavy atom. The van der Waals surface area contributed by atoms with Crippen LogP contribution in [0.5, 0.6) is 0 Å². The molecule has 0 aromatic rings. The average Bonchev–Trinajstić information content (AvgIpc) is 2.36. The molecule has 2 N–H and O–H groups in total. The Hall–Kier alpha value is -1.07. The Morgan fingerprint density at radius 2 is 2.45 bits per heavy atom. The van der Waals surface area contributed by atoms with Crippen LogP contribution in [0.2, 0.25) is 0 Å². The van der Waals surface area contributed by atoms with E-state index in [2.05, 4.69) is 5.92 Å². The number of rotatable bonds is 2. The molecule has 0 aliphatic heterocycles. The molecule has 58 valence electrons. The lowest BCUT2D eigenvalue weighted by molar-refractivity contribution is -0.120. The molecular weight excluding hydrogens is 138 g/mol. The number of Topliss-reactive ketones (excluding diaryl/α,β-unsaturated/α-hetero) is 1. The maximum atomic E-state index is 11.1. The van der Waals surface area contributed by atoms with Crippen LogP contribution in [0.15, 0.2) is 12.2 Å². The van der Waals surface area contributed by atoms with Gasteiger partial charge in [0.25, 0.3) is 0 Å². The second kappa shape index (κ2) is 3.36. The number of ketones is 1. The van der Waals surface area contributed by atoms with Crippen LogP contribution in [-0.2, 0) is 4.79 Å². The third kappa shape index (κ3) is 1.92. The fourth-order valence-electron chi connectivity index (χ4n) is 1.20. The molecular formula is C9H11NO. The summed E-state index contributed by atoms with van der Waals surface area (Å²) < 4.78 is 0. The minimum absolute atomic E-state index is 0.0268. The lowest BCUT2D eigenvalue weighted by Crippen LogP contribution is -2.18. The Labute approximate surface area is 66.5 Å². The third-order valence-corrected chi connectivity index (χ3v) is 1.81. The highest BCUT2D eigenvalue weighted by molar-refractivity contribution is 5.85. The molecule has 2 atom stereocenters. The minimum Gasteiger partial charge on any atom is -0.324 e. The van der Waals surface area contributed by atoms with Gasteiger partial charge in [-0.05, 0) is 6.42 Å². The highest BCUT2D eigenvalue weighted by Gasteiger charge is 2.21. The molecule has 0 saturated carbocycles. The predicted molar refractivity (Wildman–Crippen MR) is 43.7 cm³/mol. The number of nitrogens with two attached hydrogens (primary N) is 1. The first kappa shape index (κ1) is 8.03. The zero-order chi connectivity index (χ0) is 8.27. The van der Waals surface area contributed by atoms with E-state index < -0.39 is 0 Å². The quantitative estimate of drug-likeness (QED) is 0.458. The molecule has 0 aromatic heterocycles. The Balaban J connectivity index is 2.46. The first-order valence-electron chi connectivity index (χ1n) is 3.64. The van der Waals surface area contributed by atoms with Crippen molar-refractivity contribution in [1.82, 2.24) is 0 Å². The normalized spacial score (nSPS) is 28.4. The van der Waals surface area contributed by atoms with Gasteiger partial charge in [0.2, 0.25) is 0 Å². The summed E-state index contributed by atoms with van der Waals surface area (Å²) in [4.78, 5) is 11.1. The van der Waals surface area contributed by atoms with E-state index in [1.165, 1.54) is 0 Å². The number of terminal acetylenes is 1. The van der Waals surface area contributed by atoms with Crippen LogP contribution < -0.4 is 5.73 Å². The molecule has 2 unspecified atom stereocenters. The summed E-state index contributed by atoms with van der Waals surface area (Å²) in [5.41, 5.74) is 5.57. The SMILES string of the molecule is C#CCC(=O)C1C=CC(N)C1. The first-order valence-corrected chi connectivity index (χ1v) is 3.64. The molecule has 1 rings (SSSR count). The van der Waals surface area contributed by atoms with Gasteiger partial charge in [0, 0.05) is 12.0 Å². The smallest absolute Gasteiger partial charge is 0.151 e. The van der Waals surface area contributed by atoms with E-state index in [4.69, 9.17) is 12.2 Å². The van der Waals surface area contributed by atoms with Crippen molar-refractivity contribution in [3.05, 3.63) is 12.2 Å². The van der Waals surface area contributed by atoms with Gasteiger partial charge in [-0.2, -0.15) is 0 Å². The molecule has 0 saturated heterocycles. The van der Waals surface area contributed by atoms with Crippen molar-refractivity contribution >= 4 is 5.78 Å². The van der Waals surface area contributed by atoms with Gasteiger partial charge < -0.3 is 5.73 Å². The predicted octanol–water partition coefficient (Wildman–Crippen LogP) is 0.482. The molecule has 0 aromatic carbocycles. The zero-order valence-corrected chi connectivity index (χ0v) is 6.29. The van der Waals surface area contributed by atoms with E-state index in [0.717, 1.165) is 6.42 Å². The fraction of sp³-hybridized carbons (Fsp3) is 0.444. The molecule has 0 bridgehead atoms. The zero-order valence-electron chi connectivity index (χ0n) is 6.29. The van der Waals surface area contributed by atoms with Crippen LogP contribution in [0.25, 0.3) is 0 Å². The van der Waals surface area contributed by atoms with Crippen molar-refractivity contribution in [2.24, 2.45) is 11.7 Å². The van der Waals surface area contributed by atoms with Crippen molar-refractivity contribution in [3.8, 4) is 12.3 Å². The summed E-state index contributed by atoms with van der Waals surface area (Å²) in [5, 5.41) is 0. The van der Waals surface area contributed by atoms with E-state index in [9.17, 15) is 4.79 Å². The van der Waals surface area contributed by atoms with Crippen molar-refractivity contribution in [2.45, 2.75) is 18.9 Å². The van der Waals surface area contributed by atoms with Gasteiger partial charge >= 0.3 is 0 Å². The second-order valence-corrected chi connectivity index (χ2v) is 2.74. The van der Waals surface area contributed by atoms with Crippen molar-refractivity contribution in [3.63, 3.8) is 0 Å². The van der Waals surface area contributed by atoms with Gasteiger partial charge in [-0.3, -0.25) is 4.79 Å².